The molecule has 0 bridgehead atoms. The Hall–Kier alpha value is -1.77. The van der Waals surface area contributed by atoms with Gasteiger partial charge in [0, 0.05) is 29.9 Å². The Morgan fingerprint density at radius 3 is 2.33 bits per heavy atom. The van der Waals surface area contributed by atoms with E-state index in [0.29, 0.717) is 38.5 Å². The fourth-order valence-corrected chi connectivity index (χ4v) is 6.68. The summed E-state index contributed by atoms with van der Waals surface area (Å²) in [5, 5.41) is 2.03. The summed E-state index contributed by atoms with van der Waals surface area (Å²) in [6.45, 7) is 1.27. The van der Waals surface area contributed by atoms with Gasteiger partial charge in [-0.05, 0) is 61.4 Å². The average molecular weight is 451 g/mol. The minimum absolute atomic E-state index is 0.0963. The van der Waals surface area contributed by atoms with E-state index in [0.717, 1.165) is 37.8 Å². The van der Waals surface area contributed by atoms with Gasteiger partial charge in [-0.15, -0.1) is 11.3 Å². The molecule has 8 heteroatoms. The number of piperidine rings is 1. The second-order valence-corrected chi connectivity index (χ2v) is 11.1. The molecular formula is C22H27FN2O3S2. The second kappa shape index (κ2) is 9.16. The van der Waals surface area contributed by atoms with Gasteiger partial charge in [-0.2, -0.15) is 4.31 Å². The first-order valence-electron chi connectivity index (χ1n) is 10.5. The van der Waals surface area contributed by atoms with Crippen molar-refractivity contribution in [1.29, 1.82) is 0 Å². The Labute approximate surface area is 181 Å². The second-order valence-electron chi connectivity index (χ2n) is 8.12. The third-order valence-electron chi connectivity index (χ3n) is 6.21. The fourth-order valence-electron chi connectivity index (χ4n) is 4.51. The molecule has 0 N–H and O–H groups in total. The van der Waals surface area contributed by atoms with Gasteiger partial charge in [-0.3, -0.25) is 4.79 Å². The molecule has 162 valence electrons. The minimum Gasteiger partial charge on any atom is -0.334 e. The van der Waals surface area contributed by atoms with Gasteiger partial charge in [0.15, 0.2) is 0 Å². The Kier molecular flexibility index (Phi) is 6.55. The van der Waals surface area contributed by atoms with Crippen molar-refractivity contribution in [2.45, 2.75) is 56.0 Å². The maximum absolute atomic E-state index is 13.4. The van der Waals surface area contributed by atoms with Crippen LogP contribution in [0, 0.1) is 11.7 Å². The van der Waals surface area contributed by atoms with E-state index in [1.54, 1.807) is 11.3 Å². The molecule has 0 unspecified atom stereocenters. The Morgan fingerprint density at radius 2 is 1.73 bits per heavy atom. The maximum Gasteiger partial charge on any atom is 0.243 e. The van der Waals surface area contributed by atoms with Gasteiger partial charge in [0.1, 0.15) is 5.82 Å². The van der Waals surface area contributed by atoms with Crippen LogP contribution in [0.1, 0.15) is 43.4 Å². The summed E-state index contributed by atoms with van der Waals surface area (Å²) in [6.07, 6.45) is 5.46. The van der Waals surface area contributed by atoms with Crippen molar-refractivity contribution in [3.05, 3.63) is 52.5 Å². The van der Waals surface area contributed by atoms with Crippen molar-refractivity contribution < 1.29 is 17.6 Å². The summed E-state index contributed by atoms with van der Waals surface area (Å²) in [7, 11) is -3.66. The molecule has 2 fully saturated rings. The zero-order valence-electron chi connectivity index (χ0n) is 16.9. The summed E-state index contributed by atoms with van der Waals surface area (Å²) in [5.41, 5.74) is 0. The summed E-state index contributed by atoms with van der Waals surface area (Å²) >= 11 is 1.67. The highest BCUT2D eigenvalue weighted by atomic mass is 32.2. The molecule has 2 aromatic rings. The molecule has 30 heavy (non-hydrogen) atoms. The fraction of sp³-hybridized carbons (Fsp3) is 0.500. The average Bonchev–Trinajstić information content (AvgIpc) is 3.46. The zero-order chi connectivity index (χ0) is 21.1. The van der Waals surface area contributed by atoms with Crippen molar-refractivity contribution in [3.63, 3.8) is 0 Å². The van der Waals surface area contributed by atoms with Gasteiger partial charge in [0.05, 0.1) is 11.4 Å². The van der Waals surface area contributed by atoms with Crippen LogP contribution >= 0.6 is 11.3 Å². The SMILES string of the molecule is O=C(C1CCN(S(=O)(=O)c2ccc(F)cc2)CC1)N(Cc1cccs1)C1CCCC1. The molecule has 0 spiro atoms. The topological polar surface area (TPSA) is 57.7 Å². The van der Waals surface area contributed by atoms with Crippen molar-refractivity contribution in [2.24, 2.45) is 5.92 Å². The number of nitrogens with zero attached hydrogens (tertiary/aromatic N) is 2. The minimum atomic E-state index is -3.66. The van der Waals surface area contributed by atoms with Gasteiger partial charge in [-0.1, -0.05) is 18.9 Å². The molecule has 0 radical (unpaired) electrons. The first kappa shape index (κ1) is 21.5. The van der Waals surface area contributed by atoms with Gasteiger partial charge < -0.3 is 4.90 Å². The Morgan fingerprint density at radius 1 is 1.07 bits per heavy atom. The highest BCUT2D eigenvalue weighted by molar-refractivity contribution is 7.89. The molecule has 0 atom stereocenters. The number of hydrogen-bond donors (Lipinski definition) is 0. The third-order valence-corrected chi connectivity index (χ3v) is 8.98. The predicted molar refractivity (Wildman–Crippen MR) is 115 cm³/mol. The van der Waals surface area contributed by atoms with E-state index in [9.17, 15) is 17.6 Å². The highest BCUT2D eigenvalue weighted by Gasteiger charge is 2.36. The van der Waals surface area contributed by atoms with Crippen LogP contribution in [0.15, 0.2) is 46.7 Å². The molecular weight excluding hydrogens is 423 g/mol. The number of thiophene rings is 1. The van der Waals surface area contributed by atoms with Crippen LogP contribution < -0.4 is 0 Å². The zero-order valence-corrected chi connectivity index (χ0v) is 18.5. The molecule has 1 saturated heterocycles. The van der Waals surface area contributed by atoms with E-state index in [1.165, 1.54) is 21.3 Å². The number of amides is 1. The number of hydrogen-bond acceptors (Lipinski definition) is 4. The normalized spacial score (nSPS) is 19.2. The van der Waals surface area contributed by atoms with Crippen LogP contribution in [-0.4, -0.2) is 42.7 Å². The molecule has 5 nitrogen and oxygen atoms in total. The number of halogens is 1. The molecule has 1 amide bonds. The lowest BCUT2D eigenvalue weighted by atomic mass is 9.95. The molecule has 2 aliphatic rings. The molecule has 4 rings (SSSR count). The van der Waals surface area contributed by atoms with Gasteiger partial charge >= 0.3 is 0 Å². The largest absolute Gasteiger partial charge is 0.334 e. The monoisotopic (exact) mass is 450 g/mol. The number of carbonyl (C=O) groups excluding carboxylic acids is 1. The lowest BCUT2D eigenvalue weighted by Gasteiger charge is -2.36. The predicted octanol–water partition coefficient (Wildman–Crippen LogP) is 4.26. The summed E-state index contributed by atoms with van der Waals surface area (Å²) in [5.74, 6) is -0.449. The number of benzene rings is 1. The van der Waals surface area contributed by atoms with E-state index < -0.39 is 15.8 Å². The van der Waals surface area contributed by atoms with E-state index in [4.69, 9.17) is 0 Å². The highest BCUT2D eigenvalue weighted by Crippen LogP contribution is 2.31. The first-order valence-corrected chi connectivity index (χ1v) is 12.9. The molecule has 1 aromatic heterocycles. The molecule has 1 aromatic carbocycles. The van der Waals surface area contributed by atoms with Crippen molar-refractivity contribution in [3.8, 4) is 0 Å². The standard InChI is InChI=1S/C22H27FN2O3S2/c23-18-7-9-21(10-8-18)30(27,28)24-13-11-17(12-14-24)22(26)25(19-4-1-2-5-19)16-20-6-3-15-29-20/h3,6-10,15,17,19H,1-2,4-5,11-14,16H2. The number of sulfonamides is 1. The molecule has 2 heterocycles. The number of carbonyl (C=O) groups is 1. The lowest BCUT2D eigenvalue weighted by molar-refractivity contribution is -0.139. The molecule has 1 aliphatic heterocycles. The molecule has 1 aliphatic carbocycles. The van der Waals surface area contributed by atoms with Crippen LogP contribution in [0.2, 0.25) is 0 Å². The quantitative estimate of drug-likeness (QED) is 0.661. The number of rotatable bonds is 6. The Balaban J connectivity index is 1.42. The van der Waals surface area contributed by atoms with Gasteiger partial charge in [-0.25, -0.2) is 12.8 Å². The van der Waals surface area contributed by atoms with Crippen LogP contribution in [0.3, 0.4) is 0 Å². The van der Waals surface area contributed by atoms with Crippen LogP contribution in [0.4, 0.5) is 4.39 Å². The summed E-state index contributed by atoms with van der Waals surface area (Å²) in [4.78, 5) is 16.7. The van der Waals surface area contributed by atoms with E-state index >= 15 is 0 Å². The van der Waals surface area contributed by atoms with Gasteiger partial charge in [0.2, 0.25) is 15.9 Å². The van der Waals surface area contributed by atoms with Crippen LogP contribution in [-0.2, 0) is 21.4 Å². The first-order chi connectivity index (χ1) is 14.4. The van der Waals surface area contributed by atoms with E-state index in [2.05, 4.69) is 6.07 Å². The van der Waals surface area contributed by atoms with E-state index in [1.807, 2.05) is 16.3 Å². The Bertz CT molecular complexity index is 947. The maximum atomic E-state index is 13.4. The molecule has 1 saturated carbocycles. The summed E-state index contributed by atoms with van der Waals surface area (Å²) < 4.78 is 40.2. The smallest absolute Gasteiger partial charge is 0.243 e. The van der Waals surface area contributed by atoms with Gasteiger partial charge in [0.25, 0.3) is 0 Å². The third kappa shape index (κ3) is 4.60. The van der Waals surface area contributed by atoms with Crippen LogP contribution in [0.25, 0.3) is 0 Å². The van der Waals surface area contributed by atoms with E-state index in [-0.39, 0.29) is 16.7 Å². The summed E-state index contributed by atoms with van der Waals surface area (Å²) in [6, 6.07) is 9.28. The van der Waals surface area contributed by atoms with Crippen molar-refractivity contribution >= 4 is 27.3 Å². The lowest BCUT2D eigenvalue weighted by Crippen LogP contribution is -2.46. The van der Waals surface area contributed by atoms with Crippen molar-refractivity contribution in [1.82, 2.24) is 9.21 Å². The van der Waals surface area contributed by atoms with Crippen LogP contribution in [0.5, 0.6) is 0 Å². The van der Waals surface area contributed by atoms with Crippen molar-refractivity contribution in [2.75, 3.05) is 13.1 Å².